The molecule has 1 saturated heterocycles. The zero-order valence-corrected chi connectivity index (χ0v) is 15.2. The topological polar surface area (TPSA) is 31.0 Å². The van der Waals surface area contributed by atoms with E-state index in [1.807, 2.05) is 24.3 Å². The SMILES string of the molecule is CCCCCCCOc1ccc(OCC2(C(C)(C)C)CO2)cc1. The third-order valence-electron chi connectivity index (χ3n) is 4.67. The van der Waals surface area contributed by atoms with Crippen LogP contribution in [0.5, 0.6) is 11.5 Å². The van der Waals surface area contributed by atoms with Crippen molar-refractivity contribution in [3.8, 4) is 11.5 Å². The van der Waals surface area contributed by atoms with Crippen LogP contribution >= 0.6 is 0 Å². The second kappa shape index (κ2) is 8.05. The second-order valence-electron chi connectivity index (χ2n) is 7.56. The van der Waals surface area contributed by atoms with Gasteiger partial charge in [0.05, 0.1) is 13.2 Å². The second-order valence-corrected chi connectivity index (χ2v) is 7.56. The Morgan fingerprint density at radius 2 is 1.52 bits per heavy atom. The monoisotopic (exact) mass is 320 g/mol. The fourth-order valence-corrected chi connectivity index (χ4v) is 2.55. The van der Waals surface area contributed by atoms with E-state index in [-0.39, 0.29) is 11.0 Å². The Balaban J connectivity index is 1.68. The summed E-state index contributed by atoms with van der Waals surface area (Å²) in [5.74, 6) is 1.79. The molecule has 0 aliphatic carbocycles. The van der Waals surface area contributed by atoms with Gasteiger partial charge < -0.3 is 14.2 Å². The van der Waals surface area contributed by atoms with Crippen LogP contribution < -0.4 is 9.47 Å². The van der Waals surface area contributed by atoms with Gasteiger partial charge >= 0.3 is 0 Å². The van der Waals surface area contributed by atoms with E-state index >= 15 is 0 Å². The van der Waals surface area contributed by atoms with Crippen molar-refractivity contribution in [2.45, 2.75) is 65.4 Å². The van der Waals surface area contributed by atoms with Gasteiger partial charge in [0.25, 0.3) is 0 Å². The molecule has 3 nitrogen and oxygen atoms in total. The number of benzene rings is 1. The Morgan fingerprint density at radius 3 is 2.04 bits per heavy atom. The number of unbranched alkanes of at least 4 members (excludes halogenated alkanes) is 4. The molecule has 1 aliphatic heterocycles. The average molecular weight is 320 g/mol. The van der Waals surface area contributed by atoms with Crippen LogP contribution in [0.15, 0.2) is 24.3 Å². The lowest BCUT2D eigenvalue weighted by Crippen LogP contribution is -2.36. The van der Waals surface area contributed by atoms with E-state index in [4.69, 9.17) is 14.2 Å². The summed E-state index contributed by atoms with van der Waals surface area (Å²) in [6, 6.07) is 7.92. The van der Waals surface area contributed by atoms with Gasteiger partial charge in [0.1, 0.15) is 23.7 Å². The van der Waals surface area contributed by atoms with E-state index in [0.29, 0.717) is 6.61 Å². The number of epoxide rings is 1. The van der Waals surface area contributed by atoms with Crippen molar-refractivity contribution in [3.05, 3.63) is 24.3 Å². The molecule has 1 unspecified atom stereocenters. The molecule has 1 aromatic carbocycles. The molecule has 1 fully saturated rings. The molecule has 3 heteroatoms. The Hall–Kier alpha value is -1.22. The van der Waals surface area contributed by atoms with Crippen molar-refractivity contribution in [3.63, 3.8) is 0 Å². The van der Waals surface area contributed by atoms with E-state index in [2.05, 4.69) is 27.7 Å². The third-order valence-corrected chi connectivity index (χ3v) is 4.67. The summed E-state index contributed by atoms with van der Waals surface area (Å²) >= 11 is 0. The van der Waals surface area contributed by atoms with Gasteiger partial charge in [-0.05, 0) is 36.1 Å². The van der Waals surface area contributed by atoms with Crippen LogP contribution in [0.2, 0.25) is 0 Å². The highest BCUT2D eigenvalue weighted by Gasteiger charge is 2.55. The van der Waals surface area contributed by atoms with Crippen LogP contribution in [-0.2, 0) is 4.74 Å². The van der Waals surface area contributed by atoms with Gasteiger partial charge in [-0.2, -0.15) is 0 Å². The first-order valence-electron chi connectivity index (χ1n) is 8.96. The van der Waals surface area contributed by atoms with Crippen LogP contribution in [0.25, 0.3) is 0 Å². The molecule has 1 aromatic rings. The van der Waals surface area contributed by atoms with E-state index < -0.39 is 0 Å². The third kappa shape index (κ3) is 5.42. The Labute approximate surface area is 141 Å². The first-order chi connectivity index (χ1) is 11.0. The van der Waals surface area contributed by atoms with Crippen LogP contribution in [0.3, 0.4) is 0 Å². The van der Waals surface area contributed by atoms with Crippen LogP contribution in [0.1, 0.15) is 59.8 Å². The molecule has 0 radical (unpaired) electrons. The standard InChI is InChI=1S/C20H32O3/c1-5-6-7-8-9-14-21-17-10-12-18(13-11-17)22-15-20(16-23-20)19(2,3)4/h10-13H,5-9,14-16H2,1-4H3. The zero-order valence-electron chi connectivity index (χ0n) is 15.2. The summed E-state index contributed by atoms with van der Waals surface area (Å²) in [6.45, 7) is 11.0. The minimum absolute atomic E-state index is 0.105. The van der Waals surface area contributed by atoms with E-state index in [1.165, 1.54) is 25.7 Å². The van der Waals surface area contributed by atoms with Crippen LogP contribution in [0.4, 0.5) is 0 Å². The van der Waals surface area contributed by atoms with E-state index in [1.54, 1.807) is 0 Å². The molecule has 23 heavy (non-hydrogen) atoms. The lowest BCUT2D eigenvalue weighted by molar-refractivity contribution is 0.0934. The maximum absolute atomic E-state index is 5.90. The molecule has 1 heterocycles. The summed E-state index contributed by atoms with van der Waals surface area (Å²) in [6.07, 6.45) is 6.30. The summed E-state index contributed by atoms with van der Waals surface area (Å²) in [5, 5.41) is 0. The Morgan fingerprint density at radius 1 is 0.957 bits per heavy atom. The summed E-state index contributed by atoms with van der Waals surface area (Å²) in [5.41, 5.74) is -0.0194. The highest BCUT2D eigenvalue weighted by Crippen LogP contribution is 2.44. The van der Waals surface area contributed by atoms with Crippen molar-refractivity contribution in [1.29, 1.82) is 0 Å². The number of hydrogen-bond acceptors (Lipinski definition) is 3. The summed E-state index contributed by atoms with van der Waals surface area (Å²) in [7, 11) is 0. The fraction of sp³-hybridized carbons (Fsp3) is 0.700. The average Bonchev–Trinajstić information content (AvgIpc) is 3.31. The van der Waals surface area contributed by atoms with Gasteiger partial charge in [-0.25, -0.2) is 0 Å². The van der Waals surface area contributed by atoms with Gasteiger partial charge in [0, 0.05) is 0 Å². The molecule has 0 saturated carbocycles. The molecule has 0 bridgehead atoms. The number of ether oxygens (including phenoxy) is 3. The van der Waals surface area contributed by atoms with Gasteiger partial charge in [-0.1, -0.05) is 53.4 Å². The minimum Gasteiger partial charge on any atom is -0.494 e. The molecular formula is C20H32O3. The Kier molecular flexibility index (Phi) is 6.34. The predicted octanol–water partition coefficient (Wildman–Crippen LogP) is 5.23. The van der Waals surface area contributed by atoms with Gasteiger partial charge in [0.2, 0.25) is 0 Å². The molecule has 130 valence electrons. The Bertz CT molecular complexity index is 455. The summed E-state index contributed by atoms with van der Waals surface area (Å²) < 4.78 is 17.3. The number of rotatable bonds is 10. The molecule has 0 aromatic heterocycles. The maximum atomic E-state index is 5.90. The quantitative estimate of drug-likeness (QED) is 0.437. The maximum Gasteiger partial charge on any atom is 0.130 e. The van der Waals surface area contributed by atoms with Crippen molar-refractivity contribution in [2.24, 2.45) is 5.41 Å². The molecule has 2 rings (SSSR count). The highest BCUT2D eigenvalue weighted by molar-refractivity contribution is 5.31. The van der Waals surface area contributed by atoms with Gasteiger partial charge in [0.15, 0.2) is 0 Å². The molecular weight excluding hydrogens is 288 g/mol. The lowest BCUT2D eigenvalue weighted by atomic mass is 9.81. The summed E-state index contributed by atoms with van der Waals surface area (Å²) in [4.78, 5) is 0. The van der Waals surface area contributed by atoms with Crippen molar-refractivity contribution >= 4 is 0 Å². The van der Waals surface area contributed by atoms with E-state index in [0.717, 1.165) is 31.1 Å². The molecule has 0 amide bonds. The minimum atomic E-state index is -0.124. The molecule has 1 aliphatic rings. The first kappa shape index (κ1) is 18.1. The molecule has 1 atom stereocenters. The van der Waals surface area contributed by atoms with Gasteiger partial charge in [-0.15, -0.1) is 0 Å². The zero-order chi connectivity index (χ0) is 16.8. The first-order valence-corrected chi connectivity index (χ1v) is 8.96. The van der Waals surface area contributed by atoms with Crippen molar-refractivity contribution < 1.29 is 14.2 Å². The van der Waals surface area contributed by atoms with Crippen molar-refractivity contribution in [2.75, 3.05) is 19.8 Å². The highest BCUT2D eigenvalue weighted by atomic mass is 16.6. The lowest BCUT2D eigenvalue weighted by Gasteiger charge is -2.27. The molecule has 0 N–H and O–H groups in total. The van der Waals surface area contributed by atoms with Gasteiger partial charge in [-0.3, -0.25) is 0 Å². The largest absolute Gasteiger partial charge is 0.494 e. The fourth-order valence-electron chi connectivity index (χ4n) is 2.55. The van der Waals surface area contributed by atoms with Crippen molar-refractivity contribution in [1.82, 2.24) is 0 Å². The number of hydrogen-bond donors (Lipinski definition) is 0. The van der Waals surface area contributed by atoms with Crippen LogP contribution in [-0.4, -0.2) is 25.4 Å². The molecule has 0 spiro atoms. The predicted molar refractivity (Wildman–Crippen MR) is 94.3 cm³/mol. The van der Waals surface area contributed by atoms with E-state index in [9.17, 15) is 0 Å². The van der Waals surface area contributed by atoms with Crippen LogP contribution in [0, 0.1) is 5.41 Å². The normalized spacial score (nSPS) is 20.3. The smallest absolute Gasteiger partial charge is 0.130 e.